The van der Waals surface area contributed by atoms with Crippen LogP contribution < -0.4 is 5.32 Å². The maximum absolute atomic E-state index is 12.9. The molecule has 3 aromatic rings. The van der Waals surface area contributed by atoms with Crippen LogP contribution in [-0.4, -0.2) is 61.4 Å². The lowest BCUT2D eigenvalue weighted by atomic mass is 10.2. The molecule has 1 N–H and O–H groups in total. The van der Waals surface area contributed by atoms with Gasteiger partial charge in [-0.15, -0.1) is 0 Å². The molecule has 0 saturated carbocycles. The van der Waals surface area contributed by atoms with Gasteiger partial charge in [0.05, 0.1) is 19.0 Å². The fraction of sp³-hybridized carbons (Fsp3) is 0.636. The summed E-state index contributed by atoms with van der Waals surface area (Å²) in [5.74, 6) is 0.0879. The lowest BCUT2D eigenvalue weighted by molar-refractivity contribution is -0.0599. The van der Waals surface area contributed by atoms with Gasteiger partial charge in [-0.05, 0) is 12.1 Å². The van der Waals surface area contributed by atoms with E-state index in [9.17, 15) is 4.79 Å². The zero-order valence-corrected chi connectivity index (χ0v) is 31.0. The van der Waals surface area contributed by atoms with Gasteiger partial charge in [0, 0.05) is 32.1 Å². The summed E-state index contributed by atoms with van der Waals surface area (Å²) in [6.07, 6.45) is 2.79. The Hall–Kier alpha value is -2.49. The number of fused-ring (bicyclic) bond motifs is 2. The van der Waals surface area contributed by atoms with Crippen LogP contribution in [0.15, 0.2) is 43.0 Å². The van der Waals surface area contributed by atoms with E-state index < -0.39 is 23.3 Å². The molecule has 0 bridgehead atoms. The van der Waals surface area contributed by atoms with Gasteiger partial charge in [0.25, 0.3) is 5.91 Å². The molecule has 2 saturated heterocycles. The molecule has 0 radical (unpaired) electrons. The zero-order chi connectivity index (χ0) is 33.2. The second-order valence-electron chi connectivity index (χ2n) is 16.5. The Morgan fingerprint density at radius 3 is 2.00 bits per heavy atom. The number of aromatic nitrogens is 4. The molecule has 0 spiro atoms. The van der Waals surface area contributed by atoms with Gasteiger partial charge in [0.2, 0.25) is 0 Å². The summed E-state index contributed by atoms with van der Waals surface area (Å²) in [7, 11) is -6.07. The molecule has 45 heavy (non-hydrogen) atoms. The Kier molecular flexibility index (Phi) is 8.53. The first-order valence-electron chi connectivity index (χ1n) is 15.9. The SMILES string of the molecule is CC(C)(C)[Si]1(C(C)(C)C)OC[C@H]2O[C@@H](n3cnc4c(NC(=O)c5ccccc5)ncnc43)C[C@@H]2O[Si](C(C)(C)C)(C(C)(C)C)O1. The molecular formula is C33H51N5O5Si2. The summed E-state index contributed by atoms with van der Waals surface area (Å²) in [5, 5.41) is 1.92. The third-order valence-corrected chi connectivity index (χ3v) is 20.5. The highest BCUT2D eigenvalue weighted by atomic mass is 28.5. The molecule has 3 atom stereocenters. The summed E-state index contributed by atoms with van der Waals surface area (Å²) in [6, 6.07) is 9.03. The summed E-state index contributed by atoms with van der Waals surface area (Å²) in [5.41, 5.74) is 1.61. The van der Waals surface area contributed by atoms with Gasteiger partial charge in [-0.1, -0.05) is 101 Å². The van der Waals surface area contributed by atoms with Gasteiger partial charge < -0.3 is 23.0 Å². The minimum Gasteiger partial charge on any atom is -0.413 e. The van der Waals surface area contributed by atoms with Gasteiger partial charge in [-0.2, -0.15) is 0 Å². The predicted octanol–water partition coefficient (Wildman–Crippen LogP) is 7.88. The minimum absolute atomic E-state index is 0.230. The average molecular weight is 654 g/mol. The predicted molar refractivity (Wildman–Crippen MR) is 181 cm³/mol. The second-order valence-corrected chi connectivity index (χ2v) is 26.3. The monoisotopic (exact) mass is 653 g/mol. The fourth-order valence-corrected chi connectivity index (χ4v) is 21.5. The van der Waals surface area contributed by atoms with Crippen LogP contribution in [0.3, 0.4) is 0 Å². The third kappa shape index (κ3) is 5.82. The lowest BCUT2D eigenvalue weighted by Gasteiger charge is -2.60. The van der Waals surface area contributed by atoms with Crippen molar-refractivity contribution in [2.45, 2.75) is 128 Å². The normalized spacial score (nSPS) is 24.1. The summed E-state index contributed by atoms with van der Waals surface area (Å²) in [6.45, 7) is 27.4. The van der Waals surface area contributed by atoms with E-state index in [1.54, 1.807) is 18.5 Å². The van der Waals surface area contributed by atoms with Gasteiger partial charge in [0.1, 0.15) is 18.7 Å². The van der Waals surface area contributed by atoms with E-state index in [4.69, 9.17) is 17.7 Å². The molecular weight excluding hydrogens is 603 g/mol. The molecule has 1 aromatic carbocycles. The molecule has 4 heterocycles. The van der Waals surface area contributed by atoms with Gasteiger partial charge >= 0.3 is 17.1 Å². The molecule has 2 aromatic heterocycles. The van der Waals surface area contributed by atoms with Crippen molar-refractivity contribution < 1.29 is 22.5 Å². The van der Waals surface area contributed by atoms with Gasteiger partial charge in [0.15, 0.2) is 17.0 Å². The highest BCUT2D eigenvalue weighted by Gasteiger charge is 2.70. The Labute approximate surface area is 270 Å². The van der Waals surface area contributed by atoms with Crippen molar-refractivity contribution in [3.8, 4) is 0 Å². The van der Waals surface area contributed by atoms with Crippen molar-refractivity contribution in [3.63, 3.8) is 0 Å². The number of hydrogen-bond acceptors (Lipinski definition) is 8. The maximum Gasteiger partial charge on any atom is 0.340 e. The number of hydrogen-bond donors (Lipinski definition) is 1. The van der Waals surface area contributed by atoms with E-state index in [1.807, 2.05) is 22.8 Å². The molecule has 5 rings (SSSR count). The van der Waals surface area contributed by atoms with Crippen molar-refractivity contribution in [2.75, 3.05) is 11.9 Å². The number of amides is 1. The largest absolute Gasteiger partial charge is 0.413 e. The lowest BCUT2D eigenvalue weighted by Crippen LogP contribution is -2.72. The first-order chi connectivity index (χ1) is 20.7. The second kappa shape index (κ2) is 11.3. The van der Waals surface area contributed by atoms with Crippen LogP contribution >= 0.6 is 0 Å². The fourth-order valence-electron chi connectivity index (χ4n) is 7.39. The summed E-state index contributed by atoms with van der Waals surface area (Å²) >= 11 is 0. The third-order valence-electron chi connectivity index (χ3n) is 9.12. The zero-order valence-electron chi connectivity index (χ0n) is 29.0. The Morgan fingerprint density at radius 1 is 0.822 bits per heavy atom. The molecule has 0 unspecified atom stereocenters. The van der Waals surface area contributed by atoms with Crippen molar-refractivity contribution in [1.82, 2.24) is 19.5 Å². The van der Waals surface area contributed by atoms with Crippen molar-refractivity contribution in [3.05, 3.63) is 48.5 Å². The number of anilines is 1. The van der Waals surface area contributed by atoms with E-state index in [0.717, 1.165) is 0 Å². The van der Waals surface area contributed by atoms with E-state index in [0.29, 0.717) is 35.6 Å². The molecule has 2 aliphatic heterocycles. The number of carbonyl (C=O) groups excluding carboxylic acids is 1. The smallest absolute Gasteiger partial charge is 0.340 e. The number of rotatable bonds is 3. The highest BCUT2D eigenvalue weighted by molar-refractivity contribution is 6.86. The highest BCUT2D eigenvalue weighted by Crippen LogP contribution is 2.62. The van der Waals surface area contributed by atoms with Crippen molar-refractivity contribution >= 4 is 40.0 Å². The van der Waals surface area contributed by atoms with Crippen molar-refractivity contribution in [1.29, 1.82) is 0 Å². The quantitative estimate of drug-likeness (QED) is 0.284. The summed E-state index contributed by atoms with van der Waals surface area (Å²) < 4.78 is 31.1. The molecule has 10 nitrogen and oxygen atoms in total. The van der Waals surface area contributed by atoms with Crippen LogP contribution in [0, 0.1) is 0 Å². The van der Waals surface area contributed by atoms with Crippen LogP contribution in [0.1, 0.15) is 106 Å². The van der Waals surface area contributed by atoms with E-state index in [1.165, 1.54) is 6.33 Å². The molecule has 1 amide bonds. The Balaban J connectivity index is 1.53. The maximum atomic E-state index is 12.9. The van der Waals surface area contributed by atoms with Crippen LogP contribution in [0.2, 0.25) is 20.2 Å². The first kappa shape index (κ1) is 33.9. The van der Waals surface area contributed by atoms with Crippen LogP contribution in [0.25, 0.3) is 11.2 Å². The van der Waals surface area contributed by atoms with Crippen molar-refractivity contribution in [2.24, 2.45) is 0 Å². The first-order valence-corrected chi connectivity index (χ1v) is 19.6. The van der Waals surface area contributed by atoms with Gasteiger partial charge in [-0.25, -0.2) is 15.0 Å². The molecule has 246 valence electrons. The minimum atomic E-state index is -3.08. The number of benzene rings is 1. The van der Waals surface area contributed by atoms with E-state index in [-0.39, 0.29) is 38.3 Å². The van der Waals surface area contributed by atoms with E-state index >= 15 is 0 Å². The summed E-state index contributed by atoms with van der Waals surface area (Å²) in [4.78, 5) is 26.4. The number of nitrogens with zero attached hydrogens (tertiary/aromatic N) is 4. The number of carbonyl (C=O) groups is 1. The van der Waals surface area contributed by atoms with Crippen LogP contribution in [-0.2, 0) is 17.7 Å². The number of imidazole rings is 1. The van der Waals surface area contributed by atoms with Crippen LogP contribution in [0.5, 0.6) is 0 Å². The Bertz CT molecular complexity index is 1510. The standard InChI is InChI=1S/C33H51N5O5Si2/c1-30(2,3)44(31(4,5)6)40-19-24-23(42-45(43-44,32(7,8)9)33(10,11)12)18-25(41-24)38-21-36-26-27(34-20-35-28(26)38)37-29(39)22-16-14-13-15-17-22/h13-17,20-21,23-25H,18-19H2,1-12H3,(H,34,35,37,39)/t23-,24+,25+/m0/s1. The number of nitrogens with one attached hydrogen (secondary N) is 1. The topological polar surface area (TPSA) is 110 Å². The van der Waals surface area contributed by atoms with Gasteiger partial charge in [-0.3, -0.25) is 9.36 Å². The van der Waals surface area contributed by atoms with E-state index in [2.05, 4.69) is 103 Å². The molecule has 0 aliphatic carbocycles. The number of ether oxygens (including phenoxy) is 1. The molecule has 2 aliphatic rings. The molecule has 2 fully saturated rings. The Morgan fingerprint density at radius 2 is 1.42 bits per heavy atom. The van der Waals surface area contributed by atoms with Crippen LogP contribution in [0.4, 0.5) is 5.82 Å². The average Bonchev–Trinajstić information content (AvgIpc) is 3.50. The molecule has 12 heteroatoms.